The monoisotopic (exact) mass is 183 g/mol. The van der Waals surface area contributed by atoms with E-state index in [-0.39, 0.29) is 6.04 Å². The topological polar surface area (TPSA) is 35.2 Å². The summed E-state index contributed by atoms with van der Waals surface area (Å²) < 4.78 is 17.0. The van der Waals surface area contributed by atoms with Crippen molar-refractivity contribution in [3.05, 3.63) is 29.8 Å². The van der Waals surface area contributed by atoms with Crippen molar-refractivity contribution in [2.75, 3.05) is 13.8 Å². The number of ether oxygens (including phenoxy) is 1. The Morgan fingerprint density at radius 1 is 1.54 bits per heavy atom. The molecule has 0 saturated carbocycles. The third-order valence-electron chi connectivity index (χ3n) is 1.94. The summed E-state index contributed by atoms with van der Waals surface area (Å²) in [6.07, 6.45) is 0.354. The molecule has 0 fully saturated rings. The maximum atomic E-state index is 12.0. The van der Waals surface area contributed by atoms with Gasteiger partial charge < -0.3 is 10.5 Å². The summed E-state index contributed by atoms with van der Waals surface area (Å²) >= 11 is 0. The second kappa shape index (κ2) is 4.82. The summed E-state index contributed by atoms with van der Waals surface area (Å²) in [7, 11) is 1.60. The highest BCUT2D eigenvalue weighted by Gasteiger charge is 2.05. The maximum Gasteiger partial charge on any atom is 0.119 e. The van der Waals surface area contributed by atoms with E-state index in [0.29, 0.717) is 6.42 Å². The molecule has 0 unspecified atom stereocenters. The van der Waals surface area contributed by atoms with Crippen LogP contribution in [0.4, 0.5) is 4.39 Å². The van der Waals surface area contributed by atoms with E-state index in [0.717, 1.165) is 11.3 Å². The molecule has 1 aromatic carbocycles. The predicted octanol–water partition coefficient (Wildman–Crippen LogP) is 2.05. The van der Waals surface area contributed by atoms with Crippen molar-refractivity contribution in [2.24, 2.45) is 5.73 Å². The van der Waals surface area contributed by atoms with Gasteiger partial charge in [-0.15, -0.1) is 0 Å². The van der Waals surface area contributed by atoms with Crippen LogP contribution in [0.15, 0.2) is 24.3 Å². The van der Waals surface area contributed by atoms with Gasteiger partial charge in [0.05, 0.1) is 13.8 Å². The minimum absolute atomic E-state index is 0.236. The van der Waals surface area contributed by atoms with E-state index < -0.39 is 6.67 Å². The molecular formula is C10H14FNO. The summed E-state index contributed by atoms with van der Waals surface area (Å²) in [6, 6.07) is 7.17. The third-order valence-corrected chi connectivity index (χ3v) is 1.94. The Labute approximate surface area is 77.5 Å². The normalized spacial score (nSPS) is 12.5. The molecule has 0 aliphatic heterocycles. The van der Waals surface area contributed by atoms with E-state index in [9.17, 15) is 4.39 Å². The first kappa shape index (κ1) is 9.99. The van der Waals surface area contributed by atoms with Gasteiger partial charge in [-0.3, -0.25) is 4.39 Å². The van der Waals surface area contributed by atoms with Crippen molar-refractivity contribution in [1.82, 2.24) is 0 Å². The highest BCUT2D eigenvalue weighted by molar-refractivity contribution is 5.30. The van der Waals surface area contributed by atoms with E-state index in [1.807, 2.05) is 24.3 Å². The molecule has 2 nitrogen and oxygen atoms in total. The number of hydrogen-bond donors (Lipinski definition) is 1. The van der Waals surface area contributed by atoms with Crippen LogP contribution in [0.2, 0.25) is 0 Å². The standard InChI is InChI=1S/C10H14FNO/c1-13-9-4-2-3-8(7-9)10(12)5-6-11/h2-4,7,10H,5-6,12H2,1H3/t10-/m0/s1. The first-order chi connectivity index (χ1) is 6.27. The molecule has 1 atom stereocenters. The molecule has 1 rings (SSSR count). The number of alkyl halides is 1. The average Bonchev–Trinajstić information content (AvgIpc) is 2.18. The van der Waals surface area contributed by atoms with Crippen LogP contribution in [0.3, 0.4) is 0 Å². The molecule has 0 amide bonds. The Hall–Kier alpha value is -1.09. The molecule has 2 N–H and O–H groups in total. The summed E-state index contributed by atoms with van der Waals surface area (Å²) in [5.41, 5.74) is 6.65. The van der Waals surface area contributed by atoms with Crippen molar-refractivity contribution < 1.29 is 9.13 Å². The van der Waals surface area contributed by atoms with E-state index in [1.54, 1.807) is 7.11 Å². The zero-order valence-corrected chi connectivity index (χ0v) is 7.66. The zero-order chi connectivity index (χ0) is 9.68. The molecule has 0 aliphatic carbocycles. The Kier molecular flexibility index (Phi) is 3.71. The lowest BCUT2D eigenvalue weighted by atomic mass is 10.1. The second-order valence-corrected chi connectivity index (χ2v) is 2.86. The number of benzene rings is 1. The molecule has 0 aromatic heterocycles. The van der Waals surface area contributed by atoms with Gasteiger partial charge >= 0.3 is 0 Å². The lowest BCUT2D eigenvalue weighted by Gasteiger charge is -2.10. The van der Waals surface area contributed by atoms with Crippen LogP contribution in [0, 0.1) is 0 Å². The second-order valence-electron chi connectivity index (χ2n) is 2.86. The van der Waals surface area contributed by atoms with Crippen LogP contribution >= 0.6 is 0 Å². The minimum Gasteiger partial charge on any atom is -0.497 e. The van der Waals surface area contributed by atoms with Crippen molar-refractivity contribution in [3.8, 4) is 5.75 Å². The van der Waals surface area contributed by atoms with Gasteiger partial charge in [0.1, 0.15) is 5.75 Å². The van der Waals surface area contributed by atoms with Crippen LogP contribution in [0.25, 0.3) is 0 Å². The molecule has 72 valence electrons. The predicted molar refractivity (Wildman–Crippen MR) is 50.5 cm³/mol. The number of methoxy groups -OCH3 is 1. The Balaban J connectivity index is 2.75. The van der Waals surface area contributed by atoms with Gasteiger partial charge in [-0.2, -0.15) is 0 Å². The van der Waals surface area contributed by atoms with Crippen molar-refractivity contribution >= 4 is 0 Å². The molecule has 0 radical (unpaired) electrons. The number of hydrogen-bond acceptors (Lipinski definition) is 2. The fraction of sp³-hybridized carbons (Fsp3) is 0.400. The zero-order valence-electron chi connectivity index (χ0n) is 7.66. The molecule has 3 heteroatoms. The van der Waals surface area contributed by atoms with Crippen LogP contribution in [0.5, 0.6) is 5.75 Å². The fourth-order valence-electron chi connectivity index (χ4n) is 1.16. The van der Waals surface area contributed by atoms with Gasteiger partial charge in [0.2, 0.25) is 0 Å². The van der Waals surface area contributed by atoms with Gasteiger partial charge in [0.25, 0.3) is 0 Å². The molecular weight excluding hydrogens is 169 g/mol. The molecule has 1 aromatic rings. The SMILES string of the molecule is COc1cccc([C@@H](N)CCF)c1. The first-order valence-electron chi connectivity index (χ1n) is 4.23. The third kappa shape index (κ3) is 2.70. The molecule has 0 saturated heterocycles. The van der Waals surface area contributed by atoms with Crippen LogP contribution in [0.1, 0.15) is 18.0 Å². The lowest BCUT2D eigenvalue weighted by Crippen LogP contribution is -2.10. The lowest BCUT2D eigenvalue weighted by molar-refractivity contribution is 0.411. The summed E-state index contributed by atoms with van der Waals surface area (Å²) in [4.78, 5) is 0. The van der Waals surface area contributed by atoms with E-state index in [2.05, 4.69) is 0 Å². The van der Waals surface area contributed by atoms with E-state index in [1.165, 1.54) is 0 Å². The minimum atomic E-state index is -0.390. The quantitative estimate of drug-likeness (QED) is 0.775. The molecule has 0 spiro atoms. The van der Waals surface area contributed by atoms with Crippen LogP contribution < -0.4 is 10.5 Å². The highest BCUT2D eigenvalue weighted by atomic mass is 19.1. The summed E-state index contributed by atoms with van der Waals surface area (Å²) in [5.74, 6) is 0.756. The largest absolute Gasteiger partial charge is 0.497 e. The van der Waals surface area contributed by atoms with E-state index in [4.69, 9.17) is 10.5 Å². The molecule has 0 bridgehead atoms. The van der Waals surface area contributed by atoms with Crippen molar-refractivity contribution in [3.63, 3.8) is 0 Å². The van der Waals surface area contributed by atoms with Crippen molar-refractivity contribution in [1.29, 1.82) is 0 Å². The fourth-order valence-corrected chi connectivity index (χ4v) is 1.16. The first-order valence-corrected chi connectivity index (χ1v) is 4.23. The average molecular weight is 183 g/mol. The van der Waals surface area contributed by atoms with Gasteiger partial charge in [-0.1, -0.05) is 12.1 Å². The number of nitrogens with two attached hydrogens (primary N) is 1. The smallest absolute Gasteiger partial charge is 0.119 e. The maximum absolute atomic E-state index is 12.0. The van der Waals surface area contributed by atoms with Crippen LogP contribution in [-0.2, 0) is 0 Å². The van der Waals surface area contributed by atoms with Crippen molar-refractivity contribution in [2.45, 2.75) is 12.5 Å². The summed E-state index contributed by atoms with van der Waals surface area (Å²) in [6.45, 7) is -0.390. The summed E-state index contributed by atoms with van der Waals surface area (Å²) in [5, 5.41) is 0. The Bertz CT molecular complexity index is 265. The molecule has 13 heavy (non-hydrogen) atoms. The van der Waals surface area contributed by atoms with E-state index >= 15 is 0 Å². The van der Waals surface area contributed by atoms with Gasteiger partial charge in [0.15, 0.2) is 0 Å². The van der Waals surface area contributed by atoms with Gasteiger partial charge in [-0.05, 0) is 24.1 Å². The van der Waals surface area contributed by atoms with Gasteiger partial charge in [0, 0.05) is 6.04 Å². The molecule has 0 heterocycles. The highest BCUT2D eigenvalue weighted by Crippen LogP contribution is 2.19. The number of rotatable bonds is 4. The Morgan fingerprint density at radius 3 is 2.92 bits per heavy atom. The van der Waals surface area contributed by atoms with Gasteiger partial charge in [-0.25, -0.2) is 0 Å². The van der Waals surface area contributed by atoms with Crippen LogP contribution in [-0.4, -0.2) is 13.8 Å². The molecule has 0 aliphatic rings. The number of halogens is 1. The Morgan fingerprint density at radius 2 is 2.31 bits per heavy atom.